The van der Waals surface area contributed by atoms with E-state index in [1.54, 1.807) is 24.0 Å². The molecule has 6 aromatic rings. The van der Waals surface area contributed by atoms with Gasteiger partial charge in [-0.25, -0.2) is 26.9 Å². The number of piperazine rings is 1. The fourth-order valence-electron chi connectivity index (χ4n) is 7.63. The SMILES string of the molecule is CC(C)Oc1c(-c2cn[nH]c2)ncn2nc(Nc3ccc(S(=O)(=O)N(C)CCCN4CCN(c5cccc6c5n(C)c(=O)n6C5CCC(=O)NC5=O)CC4)cc3F)nc12. The monoisotopic (exact) mass is 829 g/mol. The summed E-state index contributed by atoms with van der Waals surface area (Å²) in [5.74, 6) is -1.18. The molecule has 0 spiro atoms. The third-order valence-corrected chi connectivity index (χ3v) is 12.5. The van der Waals surface area contributed by atoms with Crippen molar-refractivity contribution in [3.8, 4) is 17.0 Å². The van der Waals surface area contributed by atoms with Crippen molar-refractivity contribution in [1.82, 2.24) is 53.4 Å². The van der Waals surface area contributed by atoms with Crippen LogP contribution in [0.2, 0.25) is 0 Å². The third kappa shape index (κ3) is 7.63. The number of fused-ring (bicyclic) bond motifs is 2. The maximum absolute atomic E-state index is 15.5. The number of nitrogens with zero attached hydrogens (tertiary/aromatic N) is 10. The second-order valence-electron chi connectivity index (χ2n) is 14.9. The molecule has 2 aliphatic rings. The topological polar surface area (TPSA) is 210 Å². The maximum Gasteiger partial charge on any atom is 0.329 e. The van der Waals surface area contributed by atoms with Gasteiger partial charge in [0.2, 0.25) is 33.4 Å². The number of para-hydroxylation sites is 1. The summed E-state index contributed by atoms with van der Waals surface area (Å²) in [6.45, 7) is 7.37. The van der Waals surface area contributed by atoms with Gasteiger partial charge >= 0.3 is 5.69 Å². The minimum atomic E-state index is -4.00. The number of ether oxygens (including phenoxy) is 1. The van der Waals surface area contributed by atoms with E-state index in [0.29, 0.717) is 67.3 Å². The van der Waals surface area contributed by atoms with Gasteiger partial charge in [0.05, 0.1) is 39.6 Å². The number of rotatable bonds is 13. The zero-order valence-electron chi connectivity index (χ0n) is 32.9. The second kappa shape index (κ2) is 15.9. The average molecular weight is 830 g/mol. The molecule has 2 amide bonds. The molecule has 21 heteroatoms. The van der Waals surface area contributed by atoms with Gasteiger partial charge in [0.15, 0.2) is 5.75 Å². The summed E-state index contributed by atoms with van der Waals surface area (Å²) < 4.78 is 54.2. The van der Waals surface area contributed by atoms with E-state index in [9.17, 15) is 22.8 Å². The number of piperidine rings is 1. The van der Waals surface area contributed by atoms with Crippen molar-refractivity contribution in [3.63, 3.8) is 0 Å². The number of aryl methyl sites for hydroxylation is 1. The maximum atomic E-state index is 15.5. The Bertz CT molecular complexity index is 2720. The van der Waals surface area contributed by atoms with Gasteiger partial charge in [-0.05, 0) is 63.6 Å². The van der Waals surface area contributed by atoms with Crippen LogP contribution in [-0.2, 0) is 26.7 Å². The van der Waals surface area contributed by atoms with Crippen LogP contribution in [0.5, 0.6) is 5.75 Å². The van der Waals surface area contributed by atoms with Crippen LogP contribution in [0.15, 0.2) is 64.8 Å². The predicted octanol–water partition coefficient (Wildman–Crippen LogP) is 2.65. The van der Waals surface area contributed by atoms with E-state index in [0.717, 1.165) is 17.3 Å². The summed E-state index contributed by atoms with van der Waals surface area (Å²) in [6, 6.07) is 8.54. The van der Waals surface area contributed by atoms with E-state index in [1.807, 2.05) is 32.0 Å². The molecule has 1 atom stereocenters. The minimum absolute atomic E-state index is 0.0126. The minimum Gasteiger partial charge on any atom is -0.485 e. The lowest BCUT2D eigenvalue weighted by Gasteiger charge is -2.36. The number of anilines is 3. The van der Waals surface area contributed by atoms with Crippen molar-refractivity contribution in [3.05, 3.63) is 71.4 Å². The number of imide groups is 1. The Morgan fingerprint density at radius 1 is 1.10 bits per heavy atom. The summed E-state index contributed by atoms with van der Waals surface area (Å²) in [5.41, 5.74) is 3.45. The number of carbonyl (C=O) groups excluding carboxylic acids is 2. The van der Waals surface area contributed by atoms with E-state index in [2.05, 4.69) is 45.7 Å². The number of H-pyrrole nitrogens is 1. The molecule has 2 aliphatic heterocycles. The van der Waals surface area contributed by atoms with Crippen LogP contribution in [0.4, 0.5) is 21.7 Å². The van der Waals surface area contributed by atoms with Crippen LogP contribution >= 0.6 is 0 Å². The first-order chi connectivity index (χ1) is 28.3. The number of halogens is 1. The Labute approximate surface area is 337 Å². The number of aromatic amines is 1. The fraction of sp³-hybridized carbons (Fsp3) is 0.395. The van der Waals surface area contributed by atoms with Crippen LogP contribution in [0.3, 0.4) is 0 Å². The van der Waals surface area contributed by atoms with Gasteiger partial charge in [-0.1, -0.05) is 6.07 Å². The largest absolute Gasteiger partial charge is 0.485 e. The van der Waals surface area contributed by atoms with Crippen molar-refractivity contribution in [1.29, 1.82) is 0 Å². The summed E-state index contributed by atoms with van der Waals surface area (Å²) in [6.07, 6.45) is 5.53. The Morgan fingerprint density at radius 3 is 2.61 bits per heavy atom. The van der Waals surface area contributed by atoms with Crippen LogP contribution in [0, 0.1) is 5.82 Å². The molecule has 2 saturated heterocycles. The number of hydrogen-bond donors (Lipinski definition) is 3. The number of sulfonamides is 1. The highest BCUT2D eigenvalue weighted by molar-refractivity contribution is 7.89. The number of nitrogens with one attached hydrogen (secondary N) is 3. The van der Waals surface area contributed by atoms with E-state index in [4.69, 9.17) is 4.74 Å². The Morgan fingerprint density at radius 2 is 1.90 bits per heavy atom. The molecule has 1 unspecified atom stereocenters. The molecule has 2 fully saturated rings. The number of benzene rings is 2. The highest BCUT2D eigenvalue weighted by Crippen LogP contribution is 2.33. The summed E-state index contributed by atoms with van der Waals surface area (Å²) in [4.78, 5) is 51.1. The molecule has 4 aromatic heterocycles. The number of hydrogen-bond acceptors (Lipinski definition) is 13. The van der Waals surface area contributed by atoms with Gasteiger partial charge in [-0.2, -0.15) is 14.6 Å². The van der Waals surface area contributed by atoms with Crippen molar-refractivity contribution in [2.75, 3.05) is 56.5 Å². The smallest absolute Gasteiger partial charge is 0.329 e. The molecular weight excluding hydrogens is 786 g/mol. The van der Waals surface area contributed by atoms with E-state index >= 15 is 4.39 Å². The Kier molecular flexibility index (Phi) is 10.7. The van der Waals surface area contributed by atoms with Gasteiger partial charge in [-0.15, -0.1) is 5.10 Å². The zero-order chi connectivity index (χ0) is 41.6. The second-order valence-corrected chi connectivity index (χ2v) is 16.9. The van der Waals surface area contributed by atoms with Crippen molar-refractivity contribution < 1.29 is 27.1 Å². The van der Waals surface area contributed by atoms with Gasteiger partial charge in [0, 0.05) is 65.0 Å². The molecule has 6 heterocycles. The molecule has 3 N–H and O–H groups in total. The summed E-state index contributed by atoms with van der Waals surface area (Å²) in [5, 5.41) is 16.3. The molecule has 8 rings (SSSR count). The Balaban J connectivity index is 0.876. The molecule has 310 valence electrons. The lowest BCUT2D eigenvalue weighted by Crippen LogP contribution is -2.47. The number of aromatic nitrogens is 8. The number of carbonyl (C=O) groups is 2. The third-order valence-electron chi connectivity index (χ3n) is 10.6. The summed E-state index contributed by atoms with van der Waals surface area (Å²) in [7, 11) is -0.838. The van der Waals surface area contributed by atoms with Crippen molar-refractivity contribution >= 4 is 55.8 Å². The van der Waals surface area contributed by atoms with Gasteiger partial charge in [0.1, 0.15) is 23.9 Å². The number of amides is 2. The van der Waals surface area contributed by atoms with Crippen LogP contribution in [0.25, 0.3) is 27.9 Å². The standard InChI is InChI=1S/C38H44FN13O6S/c1-23(2)58-34-32(24-20-41-42-21-24)40-22-51-35(34)45-37(46-51)43-27-10-9-25(19-26(27)39)59(56,57)47(3)13-6-14-49-15-17-50(18-16-49)28-7-5-8-29-33(28)48(4)38(55)52(29)30-11-12-31(53)44-36(30)54/h5,7-10,19-23,30H,6,11-18H2,1-4H3,(H,41,42)(H,43,46)(H,44,53,54). The van der Waals surface area contributed by atoms with E-state index in [-0.39, 0.29) is 53.6 Å². The van der Waals surface area contributed by atoms with Crippen LogP contribution < -0.4 is 26.0 Å². The molecule has 0 bridgehead atoms. The first-order valence-electron chi connectivity index (χ1n) is 19.2. The molecule has 0 saturated carbocycles. The molecular formula is C38H44FN13O6S. The van der Waals surface area contributed by atoms with Gasteiger partial charge < -0.3 is 15.0 Å². The van der Waals surface area contributed by atoms with Gasteiger partial charge in [0.25, 0.3) is 0 Å². The zero-order valence-corrected chi connectivity index (χ0v) is 33.7. The van der Waals surface area contributed by atoms with E-state index in [1.165, 1.54) is 38.9 Å². The fourth-order valence-corrected chi connectivity index (χ4v) is 8.85. The lowest BCUT2D eigenvalue weighted by atomic mass is 10.1. The normalized spacial score (nSPS) is 16.8. The lowest BCUT2D eigenvalue weighted by molar-refractivity contribution is -0.135. The Hall–Kier alpha value is -6.19. The van der Waals surface area contributed by atoms with Gasteiger partial charge in [-0.3, -0.25) is 34.0 Å². The highest BCUT2D eigenvalue weighted by Gasteiger charge is 2.32. The summed E-state index contributed by atoms with van der Waals surface area (Å²) >= 11 is 0. The number of imidazole rings is 1. The van der Waals surface area contributed by atoms with Crippen molar-refractivity contribution in [2.45, 2.75) is 50.2 Å². The molecule has 0 aliphatic carbocycles. The van der Waals surface area contributed by atoms with E-state index < -0.39 is 27.8 Å². The first kappa shape index (κ1) is 39.6. The molecule has 19 nitrogen and oxygen atoms in total. The van der Waals surface area contributed by atoms with Crippen LogP contribution in [-0.4, -0.2) is 121 Å². The predicted molar refractivity (Wildman–Crippen MR) is 215 cm³/mol. The molecule has 2 aromatic carbocycles. The average Bonchev–Trinajstić information content (AvgIpc) is 3.95. The van der Waals surface area contributed by atoms with Crippen LogP contribution in [0.1, 0.15) is 39.2 Å². The molecule has 0 radical (unpaired) electrons. The quantitative estimate of drug-likeness (QED) is 0.143. The van der Waals surface area contributed by atoms with Crippen molar-refractivity contribution in [2.24, 2.45) is 7.05 Å². The molecule has 59 heavy (non-hydrogen) atoms. The first-order valence-corrected chi connectivity index (χ1v) is 20.7. The highest BCUT2D eigenvalue weighted by atomic mass is 32.2.